The molecule has 1 heterocycles. The summed E-state index contributed by atoms with van der Waals surface area (Å²) in [5.74, 6) is 2.46. The Morgan fingerprint density at radius 1 is 0.923 bits per heavy atom. The molecule has 0 saturated carbocycles. The molecular weight excluding hydrogens is 548 g/mol. The fraction of sp³-hybridized carbons (Fsp3) is 0.206. The van der Waals surface area contributed by atoms with Crippen molar-refractivity contribution < 1.29 is 9.47 Å². The first-order valence-corrected chi connectivity index (χ1v) is 14.3. The van der Waals surface area contributed by atoms with E-state index in [4.69, 9.17) is 14.5 Å². The van der Waals surface area contributed by atoms with Gasteiger partial charge in [-0.2, -0.15) is 0 Å². The zero-order valence-corrected chi connectivity index (χ0v) is 23.5. The number of anilines is 1. The minimum absolute atomic E-state index is 0.289. The zero-order chi connectivity index (χ0) is 26.6. The smallest absolute Gasteiger partial charge is 0.161 e. The van der Waals surface area contributed by atoms with Crippen LogP contribution in [0.1, 0.15) is 47.6 Å². The Morgan fingerprint density at radius 3 is 2.56 bits per heavy atom. The van der Waals surface area contributed by atoms with E-state index in [1.54, 1.807) is 0 Å². The van der Waals surface area contributed by atoms with Crippen molar-refractivity contribution in [1.82, 2.24) is 0 Å². The van der Waals surface area contributed by atoms with E-state index in [1.165, 1.54) is 16.8 Å². The molecule has 0 spiro atoms. The molecule has 2 aliphatic rings. The number of fused-ring (bicyclic) bond motifs is 3. The van der Waals surface area contributed by atoms with Crippen LogP contribution in [0.25, 0.3) is 0 Å². The number of nitrogens with zero attached hydrogens (tertiary/aromatic N) is 1. The predicted octanol–water partition coefficient (Wildman–Crippen LogP) is 9.00. The predicted molar refractivity (Wildman–Crippen MR) is 163 cm³/mol. The topological polar surface area (TPSA) is 42.8 Å². The van der Waals surface area contributed by atoms with Crippen molar-refractivity contribution >= 4 is 33.5 Å². The average molecular weight is 580 g/mol. The van der Waals surface area contributed by atoms with Crippen molar-refractivity contribution in [3.8, 4) is 11.5 Å². The second kappa shape index (κ2) is 11.5. The molecule has 6 rings (SSSR count). The van der Waals surface area contributed by atoms with E-state index in [1.807, 2.05) is 55.6 Å². The number of aliphatic imine (C=N–C) groups is 1. The van der Waals surface area contributed by atoms with Crippen LogP contribution in [0.2, 0.25) is 0 Å². The van der Waals surface area contributed by atoms with Gasteiger partial charge in [0.1, 0.15) is 6.61 Å². The summed E-state index contributed by atoms with van der Waals surface area (Å²) < 4.78 is 13.0. The van der Waals surface area contributed by atoms with Crippen molar-refractivity contribution in [2.75, 3.05) is 11.9 Å². The number of nitrogens with one attached hydrogen (secondary N) is 1. The molecule has 4 nitrogen and oxygen atoms in total. The molecule has 0 fully saturated rings. The van der Waals surface area contributed by atoms with Crippen LogP contribution in [-0.2, 0) is 6.61 Å². The molecule has 3 atom stereocenters. The van der Waals surface area contributed by atoms with Crippen LogP contribution in [0.15, 0.2) is 113 Å². The maximum absolute atomic E-state index is 6.06. The first-order valence-electron chi connectivity index (χ1n) is 13.5. The van der Waals surface area contributed by atoms with Gasteiger partial charge < -0.3 is 14.8 Å². The van der Waals surface area contributed by atoms with E-state index in [-0.39, 0.29) is 6.04 Å². The Hall–Kier alpha value is -3.83. The minimum atomic E-state index is 0.289. The van der Waals surface area contributed by atoms with Gasteiger partial charge in [0.25, 0.3) is 0 Å². The van der Waals surface area contributed by atoms with Crippen molar-refractivity contribution in [3.63, 3.8) is 0 Å². The molecule has 4 aromatic rings. The van der Waals surface area contributed by atoms with Gasteiger partial charge in [0.2, 0.25) is 0 Å². The van der Waals surface area contributed by atoms with Gasteiger partial charge in [-0.3, -0.25) is 4.99 Å². The van der Waals surface area contributed by atoms with Gasteiger partial charge in [-0.05, 0) is 90.0 Å². The van der Waals surface area contributed by atoms with E-state index < -0.39 is 0 Å². The fourth-order valence-corrected chi connectivity index (χ4v) is 5.79. The van der Waals surface area contributed by atoms with Crippen molar-refractivity contribution in [3.05, 3.63) is 130 Å². The van der Waals surface area contributed by atoms with E-state index in [9.17, 15) is 0 Å². The number of rotatable bonds is 8. The Labute approximate surface area is 238 Å². The summed E-state index contributed by atoms with van der Waals surface area (Å²) in [6, 6.07) is 31.7. The van der Waals surface area contributed by atoms with Crippen molar-refractivity contribution in [2.24, 2.45) is 10.9 Å². The van der Waals surface area contributed by atoms with Gasteiger partial charge in [-0.15, -0.1) is 0 Å². The first kappa shape index (κ1) is 25.4. The Bertz CT molecular complexity index is 1490. The highest BCUT2D eigenvalue weighted by atomic mass is 79.9. The third kappa shape index (κ3) is 5.64. The largest absolute Gasteiger partial charge is 0.490 e. The summed E-state index contributed by atoms with van der Waals surface area (Å²) >= 11 is 3.47. The molecule has 0 amide bonds. The summed E-state index contributed by atoms with van der Waals surface area (Å²) in [6.45, 7) is 3.02. The molecule has 1 aliphatic carbocycles. The van der Waals surface area contributed by atoms with E-state index in [0.717, 1.165) is 39.2 Å². The van der Waals surface area contributed by atoms with E-state index >= 15 is 0 Å². The Morgan fingerprint density at radius 2 is 1.74 bits per heavy atom. The zero-order valence-electron chi connectivity index (χ0n) is 21.9. The number of benzene rings is 4. The summed E-state index contributed by atoms with van der Waals surface area (Å²) in [4.78, 5) is 4.74. The van der Waals surface area contributed by atoms with Gasteiger partial charge in [0, 0.05) is 22.3 Å². The van der Waals surface area contributed by atoms with Gasteiger partial charge in [0.05, 0.1) is 18.3 Å². The second-order valence-electron chi connectivity index (χ2n) is 9.97. The normalized spacial score (nSPS) is 19.4. The molecule has 0 saturated heterocycles. The number of para-hydroxylation sites is 1. The van der Waals surface area contributed by atoms with Crippen LogP contribution in [0.4, 0.5) is 11.4 Å². The lowest BCUT2D eigenvalue weighted by atomic mass is 9.77. The summed E-state index contributed by atoms with van der Waals surface area (Å²) in [6.07, 6.45) is 7.69. The molecule has 4 aromatic carbocycles. The van der Waals surface area contributed by atoms with Gasteiger partial charge in [0.15, 0.2) is 11.5 Å². The standard InChI is InChI=1S/C34H31BrN2O2/c1-2-38-33-20-24(12-19-32(33)39-22-23-10-15-26(35)16-11-23)21-36-27-17-13-25(14-18-27)34-30-8-5-7-28(30)29-6-3-4-9-31(29)37-34/h3-7,9-21,28,30,34,37H,2,8,22H2,1H3/t28-,30+,34+/m1/s1. The first-order chi connectivity index (χ1) is 19.2. The highest BCUT2D eigenvalue weighted by Gasteiger charge is 2.37. The van der Waals surface area contributed by atoms with Crippen LogP contribution in [0.5, 0.6) is 11.5 Å². The molecule has 0 unspecified atom stereocenters. The molecule has 5 heteroatoms. The maximum Gasteiger partial charge on any atom is 0.161 e. The lowest BCUT2D eigenvalue weighted by molar-refractivity contribution is 0.269. The second-order valence-corrected chi connectivity index (χ2v) is 10.9. The summed E-state index contributed by atoms with van der Waals surface area (Å²) in [7, 11) is 0. The molecule has 39 heavy (non-hydrogen) atoms. The van der Waals surface area contributed by atoms with E-state index in [0.29, 0.717) is 25.0 Å². The molecular formula is C34H31BrN2O2. The third-order valence-electron chi connectivity index (χ3n) is 7.46. The summed E-state index contributed by atoms with van der Waals surface area (Å²) in [5, 5.41) is 3.80. The van der Waals surface area contributed by atoms with Gasteiger partial charge in [-0.1, -0.05) is 70.5 Å². The molecule has 1 N–H and O–H groups in total. The van der Waals surface area contributed by atoms with Crippen LogP contribution in [0, 0.1) is 5.92 Å². The number of hydrogen-bond donors (Lipinski definition) is 1. The number of hydrogen-bond acceptors (Lipinski definition) is 4. The fourth-order valence-electron chi connectivity index (χ4n) is 5.52. The molecule has 0 radical (unpaired) electrons. The SMILES string of the molecule is CCOc1cc(C=Nc2ccc([C@@H]3Nc4ccccc4[C@H]4C=CC[C@@H]43)cc2)ccc1OCc1ccc(Br)cc1. The van der Waals surface area contributed by atoms with Gasteiger partial charge >= 0.3 is 0 Å². The Balaban J connectivity index is 1.15. The van der Waals surface area contributed by atoms with Gasteiger partial charge in [-0.25, -0.2) is 0 Å². The van der Waals surface area contributed by atoms with Crippen LogP contribution in [0.3, 0.4) is 0 Å². The number of allylic oxidation sites excluding steroid dienone is 2. The minimum Gasteiger partial charge on any atom is -0.490 e. The average Bonchev–Trinajstić information content (AvgIpc) is 3.47. The molecule has 1 aliphatic heterocycles. The highest BCUT2D eigenvalue weighted by Crippen LogP contribution is 2.49. The summed E-state index contributed by atoms with van der Waals surface area (Å²) in [5.41, 5.74) is 6.93. The van der Waals surface area contributed by atoms with Crippen LogP contribution in [-0.4, -0.2) is 12.8 Å². The molecule has 0 bridgehead atoms. The molecule has 196 valence electrons. The Kier molecular flexibility index (Phi) is 7.51. The van der Waals surface area contributed by atoms with Crippen molar-refractivity contribution in [2.45, 2.75) is 31.9 Å². The monoisotopic (exact) mass is 578 g/mol. The lowest BCUT2D eigenvalue weighted by Gasteiger charge is -2.37. The maximum atomic E-state index is 6.06. The quantitative estimate of drug-likeness (QED) is 0.167. The molecule has 0 aromatic heterocycles. The van der Waals surface area contributed by atoms with Crippen LogP contribution < -0.4 is 14.8 Å². The number of ether oxygens (including phenoxy) is 2. The van der Waals surface area contributed by atoms with E-state index in [2.05, 4.69) is 81.9 Å². The highest BCUT2D eigenvalue weighted by molar-refractivity contribution is 9.10. The van der Waals surface area contributed by atoms with Crippen molar-refractivity contribution in [1.29, 1.82) is 0 Å². The third-order valence-corrected chi connectivity index (χ3v) is 7.99. The van der Waals surface area contributed by atoms with Crippen LogP contribution >= 0.6 is 15.9 Å². The lowest BCUT2D eigenvalue weighted by Crippen LogP contribution is -2.28. The number of halogens is 1.